The number of hydrogen-bond acceptors (Lipinski definition) is 3. The zero-order chi connectivity index (χ0) is 12.8. The zero-order valence-corrected chi connectivity index (χ0v) is 26.0. The van der Waals surface area contributed by atoms with Crippen LogP contribution in [0.4, 0.5) is 0 Å². The van der Waals surface area contributed by atoms with E-state index in [-0.39, 0.29) is 126 Å². The van der Waals surface area contributed by atoms with Crippen molar-refractivity contribution in [3.05, 3.63) is 88.0 Å². The molecule has 0 saturated carbocycles. The third kappa shape index (κ3) is 14.0. The maximum absolute atomic E-state index is 10.5. The molecule has 0 fully saturated rings. The van der Waals surface area contributed by atoms with Crippen molar-refractivity contribution in [3.63, 3.8) is 0 Å². The van der Waals surface area contributed by atoms with Crippen molar-refractivity contribution in [2.45, 2.75) is 12.7 Å². The molecule has 0 heterocycles. The first-order chi connectivity index (χ1) is 8.81. The molecule has 1 unspecified atom stereocenters. The van der Waals surface area contributed by atoms with Gasteiger partial charge in [0.1, 0.15) is 12.4 Å². The minimum atomic E-state index is -1.22. The molecular weight excluding hydrogens is 826 g/mol. The van der Waals surface area contributed by atoms with Crippen LogP contribution in [0.2, 0.25) is 0 Å². The van der Waals surface area contributed by atoms with Crippen LogP contribution in [0.15, 0.2) is 54.6 Å². The van der Waals surface area contributed by atoms with Crippen molar-refractivity contribution in [1.82, 2.24) is 0 Å². The van der Waals surface area contributed by atoms with Gasteiger partial charge in [-0.3, -0.25) is 0 Å². The van der Waals surface area contributed by atoms with E-state index in [1.165, 1.54) is 0 Å². The van der Waals surface area contributed by atoms with Crippen LogP contribution in [-0.2, 0) is 83.7 Å². The number of aliphatic hydroxyl groups is 1. The van der Waals surface area contributed by atoms with Gasteiger partial charge < -0.3 is 36.9 Å². The summed E-state index contributed by atoms with van der Waals surface area (Å²) in [7, 11) is 0. The Morgan fingerprint density at radius 2 is 1.44 bits per heavy atom. The molecule has 3 nitrogen and oxygen atoms in total. The summed E-state index contributed by atoms with van der Waals surface area (Å²) in [6.45, 7) is 0.304. The third-order valence-corrected chi connectivity index (χ3v) is 2.60. The van der Waals surface area contributed by atoms with Crippen LogP contribution in [0.1, 0.15) is 17.2 Å². The van der Waals surface area contributed by atoms with Gasteiger partial charge in [-0.05, 0) is 29.4 Å². The van der Waals surface area contributed by atoms with Crippen LogP contribution in [0.5, 0.6) is 5.75 Å². The molecule has 2 aromatic carbocycles. The molecule has 1 N–H and O–H groups in total. The van der Waals surface area contributed by atoms with Crippen LogP contribution < -0.4 is 4.74 Å². The second-order valence-electron chi connectivity index (χ2n) is 3.82. The predicted octanol–water partition coefficient (Wildman–Crippen LogP) is 3.75. The van der Waals surface area contributed by atoms with E-state index in [4.69, 9.17) is 4.74 Å². The molecule has 0 aromatic heterocycles. The minimum absolute atomic E-state index is 0. The van der Waals surface area contributed by atoms with Gasteiger partial charge in [0.2, 0.25) is 0 Å². The molecule has 2 radical (unpaired) electrons. The Kier molecular flexibility index (Phi) is 38.1. The Morgan fingerprint density at radius 1 is 0.960 bits per heavy atom. The molecule has 0 bridgehead atoms. The molecule has 0 aliphatic rings. The molecule has 25 heavy (non-hydrogen) atoms. The van der Waals surface area contributed by atoms with Crippen molar-refractivity contribution < 1.29 is 118 Å². The summed E-state index contributed by atoms with van der Waals surface area (Å²) < 4.78 is 5.59. The maximum atomic E-state index is 10.5. The average Bonchev–Trinajstić information content (AvgIpc) is 2.45. The second-order valence-corrected chi connectivity index (χ2v) is 3.82. The van der Waals surface area contributed by atoms with Gasteiger partial charge >= 0.3 is 0 Å². The normalized spacial score (nSPS) is 8.52. The molecule has 2 rings (SSSR count). The number of carbonyl (C=O) groups excluding carboxylic acids is 1. The Morgan fingerprint density at radius 3 is 1.96 bits per heavy atom. The van der Waals surface area contributed by atoms with E-state index in [0.717, 1.165) is 11.3 Å². The quantitative estimate of drug-likeness (QED) is 0.468. The van der Waals surface area contributed by atoms with Crippen molar-refractivity contribution >= 4 is 6.29 Å². The van der Waals surface area contributed by atoms with Crippen molar-refractivity contribution in [1.29, 1.82) is 0 Å². The Labute approximate surface area is 227 Å². The first-order valence-electron chi connectivity index (χ1n) is 5.62. The number of para-hydroxylation sites is 1. The van der Waals surface area contributed by atoms with Crippen LogP contribution in [0.3, 0.4) is 0 Å². The first-order valence-corrected chi connectivity index (χ1v) is 5.62. The summed E-state index contributed by atoms with van der Waals surface area (Å²) in [5.41, 5.74) is 1.31. The van der Waals surface area contributed by atoms with Gasteiger partial charge in [-0.2, -0.15) is 0 Å². The monoisotopic (exact) mass is 848 g/mol. The van der Waals surface area contributed by atoms with Crippen LogP contribution in [0.25, 0.3) is 0 Å². The standard InChI is InChI=1S/C15H13O3.3CH3.U.V.W.Y/c16-10-15(17)14-9-5-4-6-12(14)11-18-13-7-2-1-3-8-13;;;;;;;/h1-9,15,17H,11H2;3*1H3;;;;/q4*-1;;;;. The predicted molar refractivity (Wildman–Crippen MR) is 87.1 cm³/mol. The Hall–Kier alpha value is 1.30. The summed E-state index contributed by atoms with van der Waals surface area (Å²) >= 11 is 0. The van der Waals surface area contributed by atoms with Crippen molar-refractivity contribution in [3.8, 4) is 5.75 Å². The van der Waals surface area contributed by atoms with E-state index in [0.29, 0.717) is 12.2 Å². The third-order valence-electron chi connectivity index (χ3n) is 2.60. The van der Waals surface area contributed by atoms with Gasteiger partial charge in [-0.15, -0.1) is 0 Å². The molecule has 134 valence electrons. The van der Waals surface area contributed by atoms with E-state index in [2.05, 4.69) is 0 Å². The van der Waals surface area contributed by atoms with Crippen LogP contribution >= 0.6 is 0 Å². The van der Waals surface area contributed by atoms with Crippen molar-refractivity contribution in [2.75, 3.05) is 0 Å². The molecule has 0 saturated heterocycles. The molecule has 2 aromatic rings. The van der Waals surface area contributed by atoms with E-state index in [1.54, 1.807) is 18.4 Å². The number of aliphatic hydroxyl groups excluding tert-OH is 1. The molecule has 7 heteroatoms. The first kappa shape index (κ1) is 40.9. The van der Waals surface area contributed by atoms with Crippen LogP contribution in [-0.4, -0.2) is 11.4 Å². The molecule has 1 atom stereocenters. The number of hydrogen-bond donors (Lipinski definition) is 1. The average molecular weight is 848 g/mol. The zero-order valence-electron chi connectivity index (χ0n) is 14.7. The minimum Gasteiger partial charge on any atom is -0.539 e. The summed E-state index contributed by atoms with van der Waals surface area (Å²) in [6.07, 6.45) is 0.348. The fourth-order valence-electron chi connectivity index (χ4n) is 1.67. The molecule has 0 amide bonds. The summed E-state index contributed by atoms with van der Waals surface area (Å²) in [5.74, 6) is 0.747. The summed E-state index contributed by atoms with van der Waals surface area (Å²) in [4.78, 5) is 10.5. The van der Waals surface area contributed by atoms with E-state index >= 15 is 0 Å². The molecule has 0 aliphatic heterocycles. The SMILES string of the molecule is O=[C-]C(O)c1ccccc1COc1ccccc1.[CH3-].[CH3-].[CH3-].[U].[V].[W].[Y]. The van der Waals surface area contributed by atoms with E-state index < -0.39 is 6.10 Å². The molecule has 0 spiro atoms. The number of benzene rings is 2. The van der Waals surface area contributed by atoms with Crippen LogP contribution in [0, 0.1) is 53.4 Å². The van der Waals surface area contributed by atoms with E-state index in [1.807, 2.05) is 42.5 Å². The van der Waals surface area contributed by atoms with E-state index in [9.17, 15) is 9.90 Å². The fraction of sp³-hybridized carbons (Fsp3) is 0.111. The van der Waals surface area contributed by atoms with Crippen molar-refractivity contribution in [2.24, 2.45) is 0 Å². The van der Waals surface area contributed by atoms with Gasteiger partial charge in [0.25, 0.3) is 0 Å². The van der Waals surface area contributed by atoms with Gasteiger partial charge in [-0.1, -0.05) is 42.5 Å². The Bertz CT molecular complexity index is 533. The maximum Gasteiger partial charge on any atom is 0.119 e. The second kappa shape index (κ2) is 23.3. The molecular formula is C18H22O3UVWY-4. The smallest absolute Gasteiger partial charge is 0.119 e. The fourth-order valence-corrected chi connectivity index (χ4v) is 1.67. The van der Waals surface area contributed by atoms with Gasteiger partial charge in [0.15, 0.2) is 0 Å². The number of ether oxygens (including phenoxy) is 1. The topological polar surface area (TPSA) is 46.5 Å². The summed E-state index contributed by atoms with van der Waals surface area (Å²) in [5, 5.41) is 9.53. The summed E-state index contributed by atoms with van der Waals surface area (Å²) in [6, 6.07) is 16.5. The van der Waals surface area contributed by atoms with Gasteiger partial charge in [0, 0.05) is 103 Å². The molecule has 0 aliphatic carbocycles. The number of rotatable bonds is 5. The largest absolute Gasteiger partial charge is 0.539 e. The Balaban J connectivity index is -0.000000129. The van der Waals surface area contributed by atoms with Gasteiger partial charge in [-0.25, -0.2) is 6.29 Å². The van der Waals surface area contributed by atoms with Gasteiger partial charge in [0.05, 0.1) is 0 Å².